The fraction of sp³-hybridized carbons (Fsp3) is 0.812. The predicted octanol–water partition coefficient (Wildman–Crippen LogP) is 2.82. The summed E-state index contributed by atoms with van der Waals surface area (Å²) in [7, 11) is 1.64. The van der Waals surface area contributed by atoms with Crippen LogP contribution >= 0.6 is 0 Å². The molecule has 0 aromatic carbocycles. The van der Waals surface area contributed by atoms with E-state index in [2.05, 4.69) is 24.0 Å². The molecule has 0 N–H and O–H groups in total. The van der Waals surface area contributed by atoms with Crippen LogP contribution in [0.4, 0.5) is 4.79 Å². The second-order valence-electron chi connectivity index (χ2n) is 7.40. The molecule has 1 amide bonds. The fourth-order valence-corrected chi connectivity index (χ4v) is 2.56. The molecule has 1 aromatic rings. The maximum Gasteiger partial charge on any atom is 0.410 e. The van der Waals surface area contributed by atoms with Crippen LogP contribution in [0.5, 0.6) is 0 Å². The van der Waals surface area contributed by atoms with Crippen molar-refractivity contribution in [1.29, 1.82) is 0 Å². The lowest BCUT2D eigenvalue weighted by molar-refractivity contribution is -0.00187. The van der Waals surface area contributed by atoms with Gasteiger partial charge in [-0.3, -0.25) is 0 Å². The number of nitrogens with zero attached hydrogens (tertiary/aromatic N) is 3. The van der Waals surface area contributed by atoms with Crippen LogP contribution in [-0.4, -0.2) is 46.9 Å². The van der Waals surface area contributed by atoms with Crippen molar-refractivity contribution in [2.45, 2.75) is 52.7 Å². The minimum absolute atomic E-state index is 0.160. The molecule has 1 unspecified atom stereocenters. The Balaban J connectivity index is 1.82. The maximum atomic E-state index is 11.9. The summed E-state index contributed by atoms with van der Waals surface area (Å²) in [5.41, 5.74) is -0.463. The van der Waals surface area contributed by atoms with Gasteiger partial charge < -0.3 is 18.9 Å². The monoisotopic (exact) mass is 325 g/mol. The van der Waals surface area contributed by atoms with Crippen molar-refractivity contribution in [3.05, 3.63) is 11.7 Å². The van der Waals surface area contributed by atoms with Gasteiger partial charge in [-0.25, -0.2) is 4.79 Å². The van der Waals surface area contributed by atoms with Crippen molar-refractivity contribution in [3.8, 4) is 0 Å². The molecule has 0 radical (unpaired) electrons. The van der Waals surface area contributed by atoms with Crippen LogP contribution in [0.25, 0.3) is 0 Å². The zero-order valence-corrected chi connectivity index (χ0v) is 14.8. The summed E-state index contributed by atoms with van der Waals surface area (Å²) in [5.74, 6) is 1.78. The lowest BCUT2D eigenvalue weighted by Crippen LogP contribution is -2.52. The van der Waals surface area contributed by atoms with Gasteiger partial charge in [0, 0.05) is 32.5 Å². The van der Waals surface area contributed by atoms with E-state index in [1.807, 2.05) is 20.8 Å². The Bertz CT molecular complexity index is 530. The van der Waals surface area contributed by atoms with Gasteiger partial charge in [-0.2, -0.15) is 4.98 Å². The number of likely N-dealkylation sites (tertiary alicyclic amines) is 1. The van der Waals surface area contributed by atoms with Crippen LogP contribution in [-0.2, 0) is 15.9 Å². The largest absolute Gasteiger partial charge is 0.444 e. The third-order valence-corrected chi connectivity index (χ3v) is 3.67. The Morgan fingerprint density at radius 1 is 1.39 bits per heavy atom. The summed E-state index contributed by atoms with van der Waals surface area (Å²) in [6, 6.07) is 0. The minimum Gasteiger partial charge on any atom is -0.444 e. The molecule has 1 aliphatic heterocycles. The van der Waals surface area contributed by atoms with E-state index in [0.717, 1.165) is 0 Å². The van der Waals surface area contributed by atoms with E-state index in [0.29, 0.717) is 37.1 Å². The highest BCUT2D eigenvalue weighted by Gasteiger charge is 2.35. The van der Waals surface area contributed by atoms with Crippen molar-refractivity contribution in [2.75, 3.05) is 20.2 Å². The molecule has 2 rings (SSSR count). The van der Waals surface area contributed by atoms with Crippen LogP contribution < -0.4 is 0 Å². The Morgan fingerprint density at radius 3 is 2.57 bits per heavy atom. The van der Waals surface area contributed by atoms with Crippen molar-refractivity contribution in [2.24, 2.45) is 11.8 Å². The molecule has 1 saturated heterocycles. The number of amides is 1. The number of carbonyl (C=O) groups is 1. The second kappa shape index (κ2) is 6.86. The average Bonchev–Trinajstić information content (AvgIpc) is 2.79. The van der Waals surface area contributed by atoms with Gasteiger partial charge >= 0.3 is 6.09 Å². The van der Waals surface area contributed by atoms with Gasteiger partial charge in [-0.05, 0) is 26.7 Å². The molecule has 0 bridgehead atoms. The van der Waals surface area contributed by atoms with Gasteiger partial charge in [0.25, 0.3) is 0 Å². The average molecular weight is 325 g/mol. The predicted molar refractivity (Wildman–Crippen MR) is 83.9 cm³/mol. The molecule has 7 nitrogen and oxygen atoms in total. The zero-order chi connectivity index (χ0) is 17.2. The highest BCUT2D eigenvalue weighted by molar-refractivity contribution is 5.69. The van der Waals surface area contributed by atoms with E-state index in [4.69, 9.17) is 14.0 Å². The van der Waals surface area contributed by atoms with E-state index in [9.17, 15) is 4.79 Å². The molecule has 23 heavy (non-hydrogen) atoms. The van der Waals surface area contributed by atoms with Crippen molar-refractivity contribution < 1.29 is 18.8 Å². The molecule has 130 valence electrons. The van der Waals surface area contributed by atoms with E-state index >= 15 is 0 Å². The van der Waals surface area contributed by atoms with Gasteiger partial charge in [0.15, 0.2) is 0 Å². The van der Waals surface area contributed by atoms with Crippen LogP contribution in [0.1, 0.15) is 52.4 Å². The highest BCUT2D eigenvalue weighted by atomic mass is 16.6. The van der Waals surface area contributed by atoms with Gasteiger partial charge in [-0.15, -0.1) is 0 Å². The summed E-state index contributed by atoms with van der Waals surface area (Å²) in [6.45, 7) is 11.0. The Kier molecular flexibility index (Phi) is 5.29. The molecule has 1 atom stereocenters. The minimum atomic E-state index is -0.463. The van der Waals surface area contributed by atoms with E-state index in [1.165, 1.54) is 0 Å². The molecule has 0 spiro atoms. The number of carbonyl (C=O) groups excluding carboxylic acids is 1. The summed E-state index contributed by atoms with van der Waals surface area (Å²) in [6.07, 6.45) is 0.243. The van der Waals surface area contributed by atoms with Crippen LogP contribution in [0.2, 0.25) is 0 Å². The molecule has 2 heterocycles. The number of hydrogen-bond donors (Lipinski definition) is 0. The first-order valence-corrected chi connectivity index (χ1v) is 8.02. The van der Waals surface area contributed by atoms with Gasteiger partial charge in [-0.1, -0.05) is 19.0 Å². The lowest BCUT2D eigenvalue weighted by atomic mass is 9.97. The Hall–Kier alpha value is -1.63. The van der Waals surface area contributed by atoms with Gasteiger partial charge in [0.05, 0.1) is 0 Å². The molecule has 1 aliphatic rings. The van der Waals surface area contributed by atoms with Crippen LogP contribution in [0.15, 0.2) is 4.52 Å². The van der Waals surface area contributed by atoms with Crippen LogP contribution in [0.3, 0.4) is 0 Å². The van der Waals surface area contributed by atoms with Crippen molar-refractivity contribution in [1.82, 2.24) is 15.0 Å². The third kappa shape index (κ3) is 4.67. The number of hydrogen-bond acceptors (Lipinski definition) is 6. The Labute approximate surface area is 137 Å². The lowest BCUT2D eigenvalue weighted by Gasteiger charge is -2.39. The quantitative estimate of drug-likeness (QED) is 0.828. The van der Waals surface area contributed by atoms with Gasteiger partial charge in [0.1, 0.15) is 11.7 Å². The molecule has 7 heteroatoms. The third-order valence-electron chi connectivity index (χ3n) is 3.67. The van der Waals surface area contributed by atoms with Gasteiger partial charge in [0.2, 0.25) is 11.7 Å². The zero-order valence-electron chi connectivity index (χ0n) is 14.8. The summed E-state index contributed by atoms with van der Waals surface area (Å²) < 4.78 is 16.0. The number of ether oxygens (including phenoxy) is 2. The van der Waals surface area contributed by atoms with Crippen LogP contribution in [0, 0.1) is 11.8 Å². The molecular formula is C16H27N3O4. The molecular weight excluding hydrogens is 298 g/mol. The Morgan fingerprint density at radius 2 is 2.04 bits per heavy atom. The molecule has 1 aromatic heterocycles. The molecule has 0 aliphatic carbocycles. The summed E-state index contributed by atoms with van der Waals surface area (Å²) in [4.78, 5) is 18.0. The SMILES string of the molecule is COC(c1noc(CC2CN(C(=O)OC(C)(C)C)C2)n1)C(C)C. The maximum absolute atomic E-state index is 11.9. The normalized spacial score (nSPS) is 17.3. The first-order chi connectivity index (χ1) is 10.7. The smallest absolute Gasteiger partial charge is 0.410 e. The fourth-order valence-electron chi connectivity index (χ4n) is 2.56. The standard InChI is InChI=1S/C16H27N3O4/c1-10(2)13(21-6)14-17-12(23-18-14)7-11-8-19(9-11)15(20)22-16(3,4)5/h10-11,13H,7-9H2,1-6H3. The van der Waals surface area contributed by atoms with Crippen molar-refractivity contribution >= 4 is 6.09 Å². The van der Waals surface area contributed by atoms with E-state index < -0.39 is 5.60 Å². The van der Waals surface area contributed by atoms with Crippen molar-refractivity contribution in [3.63, 3.8) is 0 Å². The molecule has 1 fully saturated rings. The highest BCUT2D eigenvalue weighted by Crippen LogP contribution is 2.25. The number of rotatable bonds is 5. The summed E-state index contributed by atoms with van der Waals surface area (Å²) in [5, 5.41) is 4.01. The first kappa shape index (κ1) is 17.7. The topological polar surface area (TPSA) is 77.7 Å². The van der Waals surface area contributed by atoms with E-state index in [1.54, 1.807) is 12.0 Å². The first-order valence-electron chi connectivity index (χ1n) is 8.02. The number of aromatic nitrogens is 2. The summed E-state index contributed by atoms with van der Waals surface area (Å²) >= 11 is 0. The van der Waals surface area contributed by atoms with E-state index in [-0.39, 0.29) is 18.1 Å². The molecule has 0 saturated carbocycles. The second-order valence-corrected chi connectivity index (χ2v) is 7.40. The number of methoxy groups -OCH3 is 1.